The standard InChI is InChI=1S/C31H28FN3O6/c1-2-17-16-35(31(39)34-28(17)37)30-25(32)26(36)23(41-30)15-33-29(38)24-20-11-6-7-14-22(20)40-27-19(12-8-13-21(24)27)18-9-4-3-5-10-18/h3-14,16,23-26,30,36H,2,15H2,1H3,(H,33,38)(H,34,37,39)/t23-,24?,25+,26-,30-/m1/s1. The summed E-state index contributed by atoms with van der Waals surface area (Å²) < 4.78 is 28.1. The highest BCUT2D eigenvalue weighted by Crippen LogP contribution is 2.48. The Morgan fingerprint density at radius 2 is 1.76 bits per heavy atom. The van der Waals surface area contributed by atoms with Gasteiger partial charge in [-0.25, -0.2) is 9.18 Å². The van der Waals surface area contributed by atoms with E-state index < -0.39 is 41.8 Å². The first-order chi connectivity index (χ1) is 19.9. The molecule has 1 aromatic heterocycles. The predicted octanol–water partition coefficient (Wildman–Crippen LogP) is 3.42. The fourth-order valence-electron chi connectivity index (χ4n) is 5.48. The molecule has 9 nitrogen and oxygen atoms in total. The minimum Gasteiger partial charge on any atom is -0.456 e. The lowest BCUT2D eigenvalue weighted by atomic mass is 9.85. The second kappa shape index (κ2) is 10.8. The number of carbonyl (C=O) groups is 1. The topological polar surface area (TPSA) is 123 Å². The number of rotatable bonds is 6. The van der Waals surface area contributed by atoms with Crippen LogP contribution in [0.4, 0.5) is 4.39 Å². The minimum atomic E-state index is -1.96. The van der Waals surface area contributed by atoms with Crippen molar-refractivity contribution in [3.8, 4) is 22.6 Å². The summed E-state index contributed by atoms with van der Waals surface area (Å²) in [5, 5.41) is 13.4. The van der Waals surface area contributed by atoms with Gasteiger partial charge in [0, 0.05) is 35.0 Å². The monoisotopic (exact) mass is 557 g/mol. The maximum Gasteiger partial charge on any atom is 0.330 e. The van der Waals surface area contributed by atoms with E-state index in [0.29, 0.717) is 29.0 Å². The van der Waals surface area contributed by atoms with Gasteiger partial charge in [0.05, 0.1) is 5.92 Å². The number of fused-ring (bicyclic) bond motifs is 2. The lowest BCUT2D eigenvalue weighted by Gasteiger charge is -2.29. The molecule has 1 saturated heterocycles. The summed E-state index contributed by atoms with van der Waals surface area (Å²) in [7, 11) is 0. The van der Waals surface area contributed by atoms with Crippen LogP contribution in [0.1, 0.15) is 35.8 Å². The third-order valence-electron chi connectivity index (χ3n) is 7.61. The highest BCUT2D eigenvalue weighted by Gasteiger charge is 2.46. The van der Waals surface area contributed by atoms with E-state index in [0.717, 1.165) is 15.7 Å². The summed E-state index contributed by atoms with van der Waals surface area (Å²) >= 11 is 0. The van der Waals surface area contributed by atoms with E-state index >= 15 is 4.39 Å². The molecule has 41 heavy (non-hydrogen) atoms. The number of para-hydroxylation sites is 2. The summed E-state index contributed by atoms with van der Waals surface area (Å²) in [4.78, 5) is 40.2. The maximum absolute atomic E-state index is 15.2. The number of halogens is 1. The van der Waals surface area contributed by atoms with Crippen LogP contribution in [-0.4, -0.2) is 45.5 Å². The molecule has 3 heterocycles. The average molecular weight is 558 g/mol. The van der Waals surface area contributed by atoms with Gasteiger partial charge in [0.2, 0.25) is 5.91 Å². The number of benzene rings is 3. The van der Waals surface area contributed by atoms with Crippen molar-refractivity contribution in [3.05, 3.63) is 117 Å². The van der Waals surface area contributed by atoms with Gasteiger partial charge >= 0.3 is 5.69 Å². The van der Waals surface area contributed by atoms with E-state index in [-0.39, 0.29) is 18.0 Å². The average Bonchev–Trinajstić information content (AvgIpc) is 3.27. The van der Waals surface area contributed by atoms with Gasteiger partial charge in [-0.05, 0) is 18.1 Å². The molecule has 10 heteroatoms. The molecular weight excluding hydrogens is 529 g/mol. The van der Waals surface area contributed by atoms with E-state index in [1.54, 1.807) is 13.0 Å². The Kier molecular flexibility index (Phi) is 7.02. The first-order valence-corrected chi connectivity index (χ1v) is 13.4. The number of hydrogen-bond acceptors (Lipinski definition) is 6. The number of nitrogens with zero attached hydrogens (tertiary/aromatic N) is 1. The first kappa shape index (κ1) is 26.7. The van der Waals surface area contributed by atoms with Crippen molar-refractivity contribution in [3.63, 3.8) is 0 Å². The molecule has 1 unspecified atom stereocenters. The predicted molar refractivity (Wildman–Crippen MR) is 149 cm³/mol. The van der Waals surface area contributed by atoms with Gasteiger partial charge in [-0.15, -0.1) is 0 Å². The number of alkyl halides is 1. The molecule has 2 aliphatic rings. The number of H-pyrrole nitrogens is 1. The van der Waals surface area contributed by atoms with Gasteiger partial charge in [-0.2, -0.15) is 0 Å². The number of aromatic amines is 1. The van der Waals surface area contributed by atoms with Crippen molar-refractivity contribution in [1.29, 1.82) is 0 Å². The van der Waals surface area contributed by atoms with Crippen molar-refractivity contribution in [2.45, 2.75) is 43.9 Å². The van der Waals surface area contributed by atoms with Gasteiger partial charge in [0.25, 0.3) is 5.56 Å². The zero-order valence-electron chi connectivity index (χ0n) is 22.1. The largest absolute Gasteiger partial charge is 0.456 e. The molecule has 0 aliphatic carbocycles. The van der Waals surface area contributed by atoms with Crippen LogP contribution in [0.2, 0.25) is 0 Å². The Hall–Kier alpha value is -4.54. The van der Waals surface area contributed by atoms with Crippen molar-refractivity contribution >= 4 is 5.91 Å². The fourth-order valence-corrected chi connectivity index (χ4v) is 5.48. The second-order valence-corrected chi connectivity index (χ2v) is 10.1. The number of aliphatic hydroxyl groups excluding tert-OH is 1. The molecule has 6 rings (SSSR count). The fraction of sp³-hybridized carbons (Fsp3) is 0.258. The van der Waals surface area contributed by atoms with Crippen LogP contribution in [0.15, 0.2) is 88.6 Å². The number of aryl methyl sites for hydroxylation is 1. The van der Waals surface area contributed by atoms with Crippen LogP contribution < -0.4 is 21.3 Å². The zero-order chi connectivity index (χ0) is 28.7. The highest BCUT2D eigenvalue weighted by molar-refractivity contribution is 5.91. The quantitative estimate of drug-likeness (QED) is 0.334. The summed E-state index contributed by atoms with van der Waals surface area (Å²) in [5.41, 5.74) is 1.99. The van der Waals surface area contributed by atoms with Gasteiger partial charge in [-0.3, -0.25) is 19.1 Å². The van der Waals surface area contributed by atoms with Crippen molar-refractivity contribution in [2.75, 3.05) is 6.54 Å². The van der Waals surface area contributed by atoms with Crippen molar-refractivity contribution in [2.24, 2.45) is 0 Å². The zero-order valence-corrected chi connectivity index (χ0v) is 22.1. The van der Waals surface area contributed by atoms with E-state index in [1.165, 1.54) is 6.20 Å². The number of aliphatic hydroxyl groups is 1. The molecule has 3 N–H and O–H groups in total. The SMILES string of the molecule is CCc1cn([C@@H]2O[C@H](CNC(=O)C3c4ccccc4Oc4c(-c5ccccc5)cccc43)[C@@H](O)[C@@H]2F)c(=O)[nH]c1=O. The van der Waals surface area contributed by atoms with Crippen molar-refractivity contribution < 1.29 is 23.8 Å². The molecule has 0 saturated carbocycles. The number of carbonyl (C=O) groups excluding carboxylic acids is 1. The van der Waals surface area contributed by atoms with Crippen LogP contribution in [0.3, 0.4) is 0 Å². The van der Waals surface area contributed by atoms with Crippen LogP contribution in [-0.2, 0) is 16.0 Å². The Labute approximate surface area is 234 Å². The van der Waals surface area contributed by atoms with Gasteiger partial charge in [0.1, 0.15) is 23.7 Å². The van der Waals surface area contributed by atoms with Gasteiger partial charge in [0.15, 0.2) is 12.4 Å². The van der Waals surface area contributed by atoms with Crippen LogP contribution in [0.5, 0.6) is 11.5 Å². The number of aromatic nitrogens is 2. The third-order valence-corrected chi connectivity index (χ3v) is 7.61. The van der Waals surface area contributed by atoms with Gasteiger partial charge in [-0.1, -0.05) is 73.7 Å². The van der Waals surface area contributed by atoms with Crippen molar-refractivity contribution in [1.82, 2.24) is 14.9 Å². The van der Waals surface area contributed by atoms with E-state index in [1.807, 2.05) is 66.7 Å². The number of hydrogen-bond donors (Lipinski definition) is 3. The molecule has 1 amide bonds. The highest BCUT2D eigenvalue weighted by atomic mass is 19.1. The summed E-state index contributed by atoms with van der Waals surface area (Å²) in [6.07, 6.45) is -4.59. The van der Waals surface area contributed by atoms with Crippen LogP contribution in [0, 0.1) is 0 Å². The maximum atomic E-state index is 15.2. The van der Waals surface area contributed by atoms with Gasteiger partial charge < -0.3 is 19.9 Å². The minimum absolute atomic E-state index is 0.205. The lowest BCUT2D eigenvalue weighted by Crippen LogP contribution is -2.41. The summed E-state index contributed by atoms with van der Waals surface area (Å²) in [6.45, 7) is 1.52. The molecule has 3 aromatic carbocycles. The molecule has 4 aromatic rings. The molecule has 210 valence electrons. The summed E-state index contributed by atoms with van der Waals surface area (Å²) in [5.74, 6) is 0.0101. The Morgan fingerprint density at radius 3 is 2.54 bits per heavy atom. The Morgan fingerprint density at radius 1 is 1.02 bits per heavy atom. The molecular formula is C31H28FN3O6. The molecule has 2 aliphatic heterocycles. The van der Waals surface area contributed by atoms with E-state index in [9.17, 15) is 19.5 Å². The number of amides is 1. The van der Waals surface area contributed by atoms with Crippen LogP contribution >= 0.6 is 0 Å². The van der Waals surface area contributed by atoms with E-state index in [2.05, 4.69) is 10.3 Å². The number of nitrogens with one attached hydrogen (secondary N) is 2. The second-order valence-electron chi connectivity index (χ2n) is 10.1. The normalized spacial score (nSPS) is 22.9. The smallest absolute Gasteiger partial charge is 0.330 e. The van der Waals surface area contributed by atoms with Crippen LogP contribution in [0.25, 0.3) is 11.1 Å². The molecule has 0 radical (unpaired) electrons. The van der Waals surface area contributed by atoms with E-state index in [4.69, 9.17) is 9.47 Å². The third kappa shape index (κ3) is 4.75. The number of ether oxygens (including phenoxy) is 2. The Bertz CT molecular complexity index is 1720. The molecule has 5 atom stereocenters. The molecule has 0 bridgehead atoms. The lowest BCUT2D eigenvalue weighted by molar-refractivity contribution is -0.123. The Balaban J connectivity index is 1.27. The first-order valence-electron chi connectivity index (χ1n) is 13.4. The molecule has 1 fully saturated rings. The molecule has 0 spiro atoms. The summed E-state index contributed by atoms with van der Waals surface area (Å²) in [6, 6.07) is 22.6.